The minimum Gasteiger partial charge on any atom is -0.319 e. The molecule has 1 heterocycles. The molecule has 0 aliphatic carbocycles. The van der Waals surface area contributed by atoms with Gasteiger partial charge in [0.2, 0.25) is 5.56 Å². The minimum atomic E-state index is -0.375. The van der Waals surface area contributed by atoms with Gasteiger partial charge in [0.25, 0.3) is 5.91 Å². The third kappa shape index (κ3) is 2.88. The summed E-state index contributed by atoms with van der Waals surface area (Å²) in [6.07, 6.45) is 0. The molecule has 0 radical (unpaired) electrons. The Labute approximate surface area is 120 Å². The number of benzene rings is 1. The maximum absolute atomic E-state index is 11.9. The van der Waals surface area contributed by atoms with Crippen molar-refractivity contribution >= 4 is 43.5 Å². The van der Waals surface area contributed by atoms with E-state index >= 15 is 0 Å². The lowest BCUT2D eigenvalue weighted by Crippen LogP contribution is -2.18. The minimum absolute atomic E-state index is 0.213. The molecular weight excluding hydrogens is 364 g/mol. The Morgan fingerprint density at radius 2 is 1.67 bits per heavy atom. The van der Waals surface area contributed by atoms with E-state index in [4.69, 9.17) is 0 Å². The first kappa shape index (κ1) is 13.0. The molecule has 2 N–H and O–H groups in total. The van der Waals surface area contributed by atoms with Gasteiger partial charge in [0, 0.05) is 15.0 Å². The summed E-state index contributed by atoms with van der Waals surface area (Å²) < 4.78 is 1.51. The monoisotopic (exact) mass is 370 g/mol. The summed E-state index contributed by atoms with van der Waals surface area (Å²) in [5, 5.41) is 2.72. The van der Waals surface area contributed by atoms with Gasteiger partial charge in [0.15, 0.2) is 0 Å². The number of amides is 1. The van der Waals surface area contributed by atoms with E-state index in [1.165, 1.54) is 12.1 Å². The number of hydrogen-bond donors (Lipinski definition) is 2. The van der Waals surface area contributed by atoms with Gasteiger partial charge in [-0.1, -0.05) is 12.1 Å². The van der Waals surface area contributed by atoms with E-state index in [1.54, 1.807) is 6.07 Å². The summed E-state index contributed by atoms with van der Waals surface area (Å²) in [6, 6.07) is 9.89. The van der Waals surface area contributed by atoms with Crippen LogP contribution >= 0.6 is 31.9 Å². The SMILES string of the molecule is O=C(Nc1c(Br)cccc1Br)c1cccc(=O)[nH]1. The van der Waals surface area contributed by atoms with Gasteiger partial charge in [-0.15, -0.1) is 0 Å². The Morgan fingerprint density at radius 3 is 2.28 bits per heavy atom. The molecule has 0 aliphatic heterocycles. The first-order valence-corrected chi connectivity index (χ1v) is 6.61. The number of nitrogens with one attached hydrogen (secondary N) is 2. The molecule has 0 atom stereocenters. The highest BCUT2D eigenvalue weighted by atomic mass is 79.9. The lowest BCUT2D eigenvalue weighted by Gasteiger charge is -2.09. The van der Waals surface area contributed by atoms with E-state index < -0.39 is 0 Å². The Kier molecular flexibility index (Phi) is 3.98. The average Bonchev–Trinajstić information content (AvgIpc) is 2.34. The normalized spacial score (nSPS) is 10.1. The molecular formula is C12H8Br2N2O2. The molecule has 1 aromatic carbocycles. The number of carbonyl (C=O) groups excluding carboxylic acids is 1. The Hall–Kier alpha value is -1.40. The third-order valence-corrected chi connectivity index (χ3v) is 3.54. The van der Waals surface area contributed by atoms with Crippen LogP contribution in [-0.2, 0) is 0 Å². The molecule has 1 amide bonds. The molecule has 0 saturated carbocycles. The van der Waals surface area contributed by atoms with Crippen molar-refractivity contribution in [2.45, 2.75) is 0 Å². The van der Waals surface area contributed by atoms with Crippen LogP contribution in [0.15, 0.2) is 50.1 Å². The van der Waals surface area contributed by atoms with E-state index in [1.807, 2.05) is 18.2 Å². The lowest BCUT2D eigenvalue weighted by molar-refractivity contribution is 0.102. The summed E-state index contributed by atoms with van der Waals surface area (Å²) in [5.74, 6) is -0.375. The quantitative estimate of drug-likeness (QED) is 0.851. The van der Waals surface area contributed by atoms with Crippen molar-refractivity contribution in [3.63, 3.8) is 0 Å². The lowest BCUT2D eigenvalue weighted by atomic mass is 10.3. The Morgan fingerprint density at radius 1 is 1.06 bits per heavy atom. The molecule has 4 nitrogen and oxygen atoms in total. The summed E-state index contributed by atoms with van der Waals surface area (Å²) in [5.41, 5.74) is 0.520. The number of aromatic nitrogens is 1. The second-order valence-corrected chi connectivity index (χ2v) is 5.19. The Bertz CT molecular complexity index is 632. The van der Waals surface area contributed by atoms with Crippen molar-refractivity contribution in [1.29, 1.82) is 0 Å². The molecule has 18 heavy (non-hydrogen) atoms. The second kappa shape index (κ2) is 5.49. The maximum atomic E-state index is 11.9. The van der Waals surface area contributed by atoms with Crippen molar-refractivity contribution in [3.8, 4) is 0 Å². The number of carbonyl (C=O) groups is 1. The van der Waals surface area contributed by atoms with Gasteiger partial charge in [0.1, 0.15) is 5.69 Å². The first-order valence-electron chi connectivity index (χ1n) is 5.02. The van der Waals surface area contributed by atoms with E-state index in [0.29, 0.717) is 5.69 Å². The van der Waals surface area contributed by atoms with Gasteiger partial charge in [-0.2, -0.15) is 0 Å². The van der Waals surface area contributed by atoms with Crippen LogP contribution in [-0.4, -0.2) is 10.9 Å². The van der Waals surface area contributed by atoms with Crippen molar-refractivity contribution in [2.24, 2.45) is 0 Å². The third-order valence-electron chi connectivity index (χ3n) is 2.21. The zero-order valence-electron chi connectivity index (χ0n) is 9.04. The molecule has 1 aromatic heterocycles. The average molecular weight is 372 g/mol. The molecule has 92 valence electrons. The zero-order chi connectivity index (χ0) is 13.1. The number of para-hydroxylation sites is 1. The molecule has 0 saturated heterocycles. The number of hydrogen-bond acceptors (Lipinski definition) is 2. The summed E-state index contributed by atoms with van der Waals surface area (Å²) >= 11 is 6.69. The van der Waals surface area contributed by atoms with E-state index in [0.717, 1.165) is 8.95 Å². The van der Waals surface area contributed by atoms with E-state index in [2.05, 4.69) is 42.2 Å². The molecule has 2 aromatic rings. The fourth-order valence-electron chi connectivity index (χ4n) is 1.38. The fourth-order valence-corrected chi connectivity index (χ4v) is 2.58. The van der Waals surface area contributed by atoms with Crippen LogP contribution in [0.4, 0.5) is 5.69 Å². The van der Waals surface area contributed by atoms with Gasteiger partial charge < -0.3 is 10.3 Å². The van der Waals surface area contributed by atoms with E-state index in [-0.39, 0.29) is 17.2 Å². The van der Waals surface area contributed by atoms with Crippen LogP contribution in [0.2, 0.25) is 0 Å². The maximum Gasteiger partial charge on any atom is 0.272 e. The van der Waals surface area contributed by atoms with Crippen LogP contribution in [0.3, 0.4) is 0 Å². The van der Waals surface area contributed by atoms with Crippen LogP contribution < -0.4 is 10.9 Å². The smallest absolute Gasteiger partial charge is 0.272 e. The number of aromatic amines is 1. The Balaban J connectivity index is 2.30. The number of H-pyrrole nitrogens is 1. The van der Waals surface area contributed by atoms with Crippen molar-refractivity contribution < 1.29 is 4.79 Å². The molecule has 6 heteroatoms. The molecule has 0 spiro atoms. The highest BCUT2D eigenvalue weighted by Crippen LogP contribution is 2.30. The van der Waals surface area contributed by atoms with Crippen LogP contribution in [0.1, 0.15) is 10.5 Å². The predicted molar refractivity (Wildman–Crippen MR) is 76.9 cm³/mol. The number of pyridine rings is 1. The van der Waals surface area contributed by atoms with Gasteiger partial charge in [-0.05, 0) is 50.1 Å². The van der Waals surface area contributed by atoms with Crippen LogP contribution in [0.5, 0.6) is 0 Å². The summed E-state index contributed by atoms with van der Waals surface area (Å²) in [7, 11) is 0. The van der Waals surface area contributed by atoms with Crippen molar-refractivity contribution in [1.82, 2.24) is 4.98 Å². The van der Waals surface area contributed by atoms with Crippen LogP contribution in [0, 0.1) is 0 Å². The van der Waals surface area contributed by atoms with Gasteiger partial charge >= 0.3 is 0 Å². The summed E-state index contributed by atoms with van der Waals surface area (Å²) in [6.45, 7) is 0. The topological polar surface area (TPSA) is 62.0 Å². The molecule has 0 aliphatic rings. The molecule has 0 bridgehead atoms. The number of rotatable bonds is 2. The van der Waals surface area contributed by atoms with Gasteiger partial charge in [-0.25, -0.2) is 0 Å². The number of anilines is 1. The zero-order valence-corrected chi connectivity index (χ0v) is 12.2. The highest BCUT2D eigenvalue weighted by molar-refractivity contribution is 9.11. The standard InChI is InChI=1S/C12H8Br2N2O2/c13-7-3-1-4-8(14)11(7)16-12(18)9-5-2-6-10(17)15-9/h1-6H,(H,15,17)(H,16,18). The predicted octanol–water partition coefficient (Wildman–Crippen LogP) is 3.15. The molecule has 0 fully saturated rings. The van der Waals surface area contributed by atoms with Crippen molar-refractivity contribution in [2.75, 3.05) is 5.32 Å². The number of halogens is 2. The van der Waals surface area contributed by atoms with Gasteiger partial charge in [0.05, 0.1) is 5.69 Å². The second-order valence-electron chi connectivity index (χ2n) is 3.48. The highest BCUT2D eigenvalue weighted by Gasteiger charge is 2.11. The molecule has 2 rings (SSSR count). The van der Waals surface area contributed by atoms with Crippen LogP contribution in [0.25, 0.3) is 0 Å². The fraction of sp³-hybridized carbons (Fsp3) is 0. The largest absolute Gasteiger partial charge is 0.319 e. The summed E-state index contributed by atoms with van der Waals surface area (Å²) in [4.78, 5) is 25.5. The van der Waals surface area contributed by atoms with Crippen molar-refractivity contribution in [3.05, 3.63) is 61.4 Å². The van der Waals surface area contributed by atoms with E-state index in [9.17, 15) is 9.59 Å². The first-order chi connectivity index (χ1) is 8.58. The molecule has 0 unspecified atom stereocenters. The van der Waals surface area contributed by atoms with Gasteiger partial charge in [-0.3, -0.25) is 9.59 Å².